The third-order valence-corrected chi connectivity index (χ3v) is 3.80. The van der Waals surface area contributed by atoms with E-state index in [9.17, 15) is 9.59 Å². The summed E-state index contributed by atoms with van der Waals surface area (Å²) in [7, 11) is 0. The van der Waals surface area contributed by atoms with Gasteiger partial charge in [-0.15, -0.1) is 0 Å². The first-order valence-electron chi connectivity index (χ1n) is 7.19. The highest BCUT2D eigenvalue weighted by Crippen LogP contribution is 2.25. The number of hydrogen-bond donors (Lipinski definition) is 0. The van der Waals surface area contributed by atoms with Gasteiger partial charge in [-0.2, -0.15) is 0 Å². The van der Waals surface area contributed by atoms with Crippen LogP contribution >= 0.6 is 15.9 Å². The molecule has 1 atom stereocenters. The molecule has 2 rings (SSSR count). The van der Waals surface area contributed by atoms with Gasteiger partial charge in [0.1, 0.15) is 5.75 Å². The molecule has 0 aromatic heterocycles. The van der Waals surface area contributed by atoms with Gasteiger partial charge in [-0.05, 0) is 38.1 Å². The van der Waals surface area contributed by atoms with Crippen molar-refractivity contribution in [1.82, 2.24) is 0 Å². The van der Waals surface area contributed by atoms with E-state index in [1.807, 2.05) is 0 Å². The van der Waals surface area contributed by atoms with Crippen LogP contribution in [-0.4, -0.2) is 24.0 Å². The van der Waals surface area contributed by atoms with E-state index < -0.39 is 17.4 Å². The maximum atomic E-state index is 12.8. The zero-order valence-corrected chi connectivity index (χ0v) is 14.5. The molecule has 0 aliphatic rings. The van der Waals surface area contributed by atoms with E-state index in [4.69, 9.17) is 9.47 Å². The molecule has 0 saturated carbocycles. The number of carbonyl (C=O) groups is 2. The third kappa shape index (κ3) is 3.99. The fourth-order valence-corrected chi connectivity index (χ4v) is 2.32. The monoisotopic (exact) mass is 376 g/mol. The summed E-state index contributed by atoms with van der Waals surface area (Å²) in [5.41, 5.74) is -1.36. The fourth-order valence-electron chi connectivity index (χ4n) is 2.05. The maximum absolute atomic E-state index is 12.8. The van der Waals surface area contributed by atoms with Crippen molar-refractivity contribution in [3.63, 3.8) is 0 Å². The predicted molar refractivity (Wildman–Crippen MR) is 90.6 cm³/mol. The van der Waals surface area contributed by atoms with Crippen LogP contribution in [0.25, 0.3) is 0 Å². The molecule has 2 aromatic carbocycles. The number of Topliss-reactive ketones (excluding diaryl/α,β-unsaturated/α-hetero) is 1. The first-order chi connectivity index (χ1) is 11.0. The number of ketones is 1. The van der Waals surface area contributed by atoms with E-state index in [1.54, 1.807) is 61.5 Å². The first kappa shape index (κ1) is 17.2. The lowest BCUT2D eigenvalue weighted by Gasteiger charge is -2.27. The second-order valence-corrected chi connectivity index (χ2v) is 5.92. The van der Waals surface area contributed by atoms with Gasteiger partial charge >= 0.3 is 5.97 Å². The van der Waals surface area contributed by atoms with Crippen LogP contribution in [0.5, 0.6) is 5.75 Å². The molecular weight excluding hydrogens is 360 g/mol. The van der Waals surface area contributed by atoms with Crippen molar-refractivity contribution < 1.29 is 19.1 Å². The third-order valence-electron chi connectivity index (χ3n) is 3.27. The molecule has 23 heavy (non-hydrogen) atoms. The summed E-state index contributed by atoms with van der Waals surface area (Å²) < 4.78 is 11.7. The lowest BCUT2D eigenvalue weighted by atomic mass is 9.94. The van der Waals surface area contributed by atoms with Gasteiger partial charge in [0.15, 0.2) is 0 Å². The van der Waals surface area contributed by atoms with Gasteiger partial charge in [-0.1, -0.05) is 46.3 Å². The second-order valence-electron chi connectivity index (χ2n) is 5.00. The van der Waals surface area contributed by atoms with Gasteiger partial charge in [-0.3, -0.25) is 4.79 Å². The topological polar surface area (TPSA) is 52.6 Å². The summed E-state index contributed by atoms with van der Waals surface area (Å²) in [4.78, 5) is 25.2. The quantitative estimate of drug-likeness (QED) is 0.433. The Morgan fingerprint density at radius 2 is 1.65 bits per heavy atom. The summed E-state index contributed by atoms with van der Waals surface area (Å²) in [5.74, 6) is -0.746. The second kappa shape index (κ2) is 7.42. The smallest absolute Gasteiger partial charge is 0.358 e. The average molecular weight is 377 g/mol. The van der Waals surface area contributed by atoms with Gasteiger partial charge in [0.05, 0.1) is 6.61 Å². The van der Waals surface area contributed by atoms with Crippen LogP contribution < -0.4 is 4.74 Å². The van der Waals surface area contributed by atoms with Crippen LogP contribution in [0.3, 0.4) is 0 Å². The van der Waals surface area contributed by atoms with Crippen molar-refractivity contribution in [2.45, 2.75) is 19.4 Å². The van der Waals surface area contributed by atoms with Crippen LogP contribution in [-0.2, 0) is 9.53 Å². The average Bonchev–Trinajstić information content (AvgIpc) is 2.57. The van der Waals surface area contributed by atoms with Crippen molar-refractivity contribution in [2.24, 2.45) is 0 Å². The Labute approximate surface area is 143 Å². The molecule has 0 spiro atoms. The van der Waals surface area contributed by atoms with E-state index >= 15 is 0 Å². The molecule has 0 N–H and O–H groups in total. The Balaban J connectivity index is 2.37. The summed E-state index contributed by atoms with van der Waals surface area (Å²) >= 11 is 3.33. The lowest BCUT2D eigenvalue weighted by molar-refractivity contribution is -0.156. The molecule has 0 fully saturated rings. The molecule has 0 heterocycles. The molecule has 0 aliphatic heterocycles. The minimum absolute atomic E-state index is 0.167. The molecular formula is C18H17BrO4. The first-order valence-corrected chi connectivity index (χ1v) is 7.98. The number of hydrogen-bond acceptors (Lipinski definition) is 4. The standard InChI is InChI=1S/C18H17BrO4/c1-3-22-17(21)18(2,16(20)13-7-5-4-6-8-13)23-15-11-9-14(19)10-12-15/h4-12H,3H2,1-2H3. The van der Waals surface area contributed by atoms with Crippen molar-refractivity contribution in [3.05, 3.63) is 64.6 Å². The Morgan fingerprint density at radius 3 is 2.22 bits per heavy atom. The normalized spacial score (nSPS) is 13.0. The highest BCUT2D eigenvalue weighted by Gasteiger charge is 2.45. The molecule has 5 heteroatoms. The zero-order valence-electron chi connectivity index (χ0n) is 12.9. The van der Waals surface area contributed by atoms with Gasteiger partial charge in [0.2, 0.25) is 5.78 Å². The molecule has 0 bridgehead atoms. The Bertz CT molecular complexity index is 682. The minimum Gasteiger partial charge on any atom is -0.468 e. The Hall–Kier alpha value is -2.14. The largest absolute Gasteiger partial charge is 0.468 e. The van der Waals surface area contributed by atoms with Gasteiger partial charge in [0, 0.05) is 10.0 Å². The summed E-state index contributed by atoms with van der Waals surface area (Å²) in [6, 6.07) is 15.5. The molecule has 0 aliphatic carbocycles. The molecule has 120 valence electrons. The van der Waals surface area contributed by atoms with Crippen molar-refractivity contribution in [2.75, 3.05) is 6.61 Å². The van der Waals surface area contributed by atoms with E-state index in [0.717, 1.165) is 4.47 Å². The van der Waals surface area contributed by atoms with Crippen LogP contribution in [0.4, 0.5) is 0 Å². The minimum atomic E-state index is -1.74. The summed E-state index contributed by atoms with van der Waals surface area (Å²) in [5, 5.41) is 0. The number of halogens is 1. The fraction of sp³-hybridized carbons (Fsp3) is 0.222. The number of benzene rings is 2. The van der Waals surface area contributed by atoms with Crippen LogP contribution in [0.15, 0.2) is 59.1 Å². The van der Waals surface area contributed by atoms with E-state index in [0.29, 0.717) is 11.3 Å². The van der Waals surface area contributed by atoms with Gasteiger partial charge in [-0.25, -0.2) is 4.79 Å². The van der Waals surface area contributed by atoms with E-state index in [2.05, 4.69) is 15.9 Å². The molecule has 4 nitrogen and oxygen atoms in total. The molecule has 1 unspecified atom stereocenters. The highest BCUT2D eigenvalue weighted by atomic mass is 79.9. The van der Waals surface area contributed by atoms with Gasteiger partial charge in [0.25, 0.3) is 5.60 Å². The van der Waals surface area contributed by atoms with Crippen molar-refractivity contribution in [1.29, 1.82) is 0 Å². The van der Waals surface area contributed by atoms with Crippen molar-refractivity contribution in [3.8, 4) is 5.75 Å². The molecule has 0 amide bonds. The predicted octanol–water partition coefficient (Wildman–Crippen LogP) is 4.03. The molecule has 0 radical (unpaired) electrons. The summed E-state index contributed by atoms with van der Waals surface area (Å²) in [6.45, 7) is 3.29. The highest BCUT2D eigenvalue weighted by molar-refractivity contribution is 9.10. The number of rotatable bonds is 6. The van der Waals surface area contributed by atoms with E-state index in [-0.39, 0.29) is 6.61 Å². The van der Waals surface area contributed by atoms with Crippen LogP contribution in [0, 0.1) is 0 Å². The zero-order chi connectivity index (χ0) is 16.9. The lowest BCUT2D eigenvalue weighted by Crippen LogP contribution is -2.50. The maximum Gasteiger partial charge on any atom is 0.358 e. The number of esters is 1. The number of ether oxygens (including phenoxy) is 2. The van der Waals surface area contributed by atoms with Crippen LogP contribution in [0.1, 0.15) is 24.2 Å². The molecule has 0 saturated heterocycles. The Kier molecular flexibility index (Phi) is 5.55. The Morgan fingerprint density at radius 1 is 1.04 bits per heavy atom. The van der Waals surface area contributed by atoms with E-state index in [1.165, 1.54) is 6.92 Å². The molecule has 2 aromatic rings. The van der Waals surface area contributed by atoms with Crippen molar-refractivity contribution >= 4 is 27.7 Å². The van der Waals surface area contributed by atoms with Crippen LogP contribution in [0.2, 0.25) is 0 Å². The number of carbonyl (C=O) groups excluding carboxylic acids is 2. The van der Waals surface area contributed by atoms with Gasteiger partial charge < -0.3 is 9.47 Å². The SMILES string of the molecule is CCOC(=O)C(C)(Oc1ccc(Br)cc1)C(=O)c1ccccc1. The summed E-state index contributed by atoms with van der Waals surface area (Å²) in [6.07, 6.45) is 0.